The molecule has 0 heterocycles. The highest BCUT2D eigenvalue weighted by Gasteiger charge is 2.31. The number of carbonyl (C=O) groups is 1. The fourth-order valence-corrected chi connectivity index (χ4v) is 3.25. The Hall–Kier alpha value is -1.32. The molecule has 0 spiro atoms. The summed E-state index contributed by atoms with van der Waals surface area (Å²) in [5.74, 6) is -0.776. The Balaban J connectivity index is 2.99. The summed E-state index contributed by atoms with van der Waals surface area (Å²) < 4.78 is 62.6. The minimum atomic E-state index is -4.58. The number of hydrogen-bond donors (Lipinski definition) is 1. The highest BCUT2D eigenvalue weighted by atomic mass is 35.5. The summed E-state index contributed by atoms with van der Waals surface area (Å²) in [6, 6.07) is 2.08. The van der Waals surface area contributed by atoms with E-state index in [0.29, 0.717) is 12.5 Å². The lowest BCUT2D eigenvalue weighted by atomic mass is 10.2. The van der Waals surface area contributed by atoms with E-state index in [1.54, 1.807) is 13.8 Å². The summed E-state index contributed by atoms with van der Waals surface area (Å²) >= 11 is 5.79. The van der Waals surface area contributed by atoms with Crippen molar-refractivity contribution < 1.29 is 26.4 Å². The largest absolute Gasteiger partial charge is 0.416 e. The Kier molecular flexibility index (Phi) is 6.66. The van der Waals surface area contributed by atoms with Crippen LogP contribution < -0.4 is 5.32 Å². The molecule has 0 aliphatic heterocycles. The van der Waals surface area contributed by atoms with Crippen LogP contribution >= 0.6 is 11.6 Å². The standard InChI is InChI=1S/C14H18ClF3N2O3S/c1-4-9(2)20(24(3,22)23)8-13(21)19-12-7-10(14(16,17)18)5-6-11(12)15/h5-7,9H,4,8H2,1-3H3,(H,19,21). The summed E-state index contributed by atoms with van der Waals surface area (Å²) in [5, 5.41) is 2.15. The number of nitrogens with zero attached hydrogens (tertiary/aromatic N) is 1. The van der Waals surface area contributed by atoms with Crippen molar-refractivity contribution in [2.24, 2.45) is 0 Å². The summed E-state index contributed by atoms with van der Waals surface area (Å²) in [5.41, 5.74) is -1.20. The number of amides is 1. The van der Waals surface area contributed by atoms with E-state index in [2.05, 4.69) is 5.32 Å². The van der Waals surface area contributed by atoms with Crippen LogP contribution in [-0.4, -0.2) is 37.5 Å². The molecule has 1 N–H and O–H groups in total. The number of nitrogens with one attached hydrogen (secondary N) is 1. The van der Waals surface area contributed by atoms with E-state index in [0.717, 1.165) is 22.7 Å². The van der Waals surface area contributed by atoms with Crippen LogP contribution in [0.25, 0.3) is 0 Å². The monoisotopic (exact) mass is 386 g/mol. The fraction of sp³-hybridized carbons (Fsp3) is 0.500. The lowest BCUT2D eigenvalue weighted by Crippen LogP contribution is -2.42. The first-order valence-electron chi connectivity index (χ1n) is 6.99. The van der Waals surface area contributed by atoms with Crippen LogP contribution in [0, 0.1) is 0 Å². The van der Waals surface area contributed by atoms with E-state index in [9.17, 15) is 26.4 Å². The maximum Gasteiger partial charge on any atom is 0.416 e. The zero-order chi connectivity index (χ0) is 18.7. The molecule has 1 aromatic rings. The predicted molar refractivity (Wildman–Crippen MR) is 86.4 cm³/mol. The fourth-order valence-electron chi connectivity index (χ4n) is 1.93. The Morgan fingerprint density at radius 1 is 1.38 bits per heavy atom. The highest BCUT2D eigenvalue weighted by Crippen LogP contribution is 2.33. The van der Waals surface area contributed by atoms with Gasteiger partial charge in [0, 0.05) is 6.04 Å². The summed E-state index contributed by atoms with van der Waals surface area (Å²) in [4.78, 5) is 12.0. The molecule has 0 aliphatic rings. The van der Waals surface area contributed by atoms with E-state index >= 15 is 0 Å². The lowest BCUT2D eigenvalue weighted by molar-refractivity contribution is -0.137. The highest BCUT2D eigenvalue weighted by molar-refractivity contribution is 7.88. The Bertz CT molecular complexity index is 708. The Labute approximate surface area is 143 Å². The first-order valence-corrected chi connectivity index (χ1v) is 9.22. The number of benzene rings is 1. The molecule has 0 aromatic heterocycles. The first-order chi connectivity index (χ1) is 10.9. The zero-order valence-electron chi connectivity index (χ0n) is 13.3. The van der Waals surface area contributed by atoms with Crippen molar-refractivity contribution in [3.8, 4) is 0 Å². The maximum absolute atomic E-state index is 12.7. The van der Waals surface area contributed by atoms with Gasteiger partial charge in [-0.2, -0.15) is 17.5 Å². The van der Waals surface area contributed by atoms with Gasteiger partial charge in [0.15, 0.2) is 0 Å². The molecule has 136 valence electrons. The molecule has 0 fully saturated rings. The van der Waals surface area contributed by atoms with Crippen LogP contribution in [0.15, 0.2) is 18.2 Å². The van der Waals surface area contributed by atoms with Gasteiger partial charge in [-0.15, -0.1) is 0 Å². The summed E-state index contributed by atoms with van der Waals surface area (Å²) in [6.45, 7) is 2.87. The van der Waals surface area contributed by atoms with Gasteiger partial charge in [-0.1, -0.05) is 18.5 Å². The van der Waals surface area contributed by atoms with Gasteiger partial charge in [-0.3, -0.25) is 4.79 Å². The van der Waals surface area contributed by atoms with Crippen LogP contribution in [0.4, 0.5) is 18.9 Å². The summed E-state index contributed by atoms with van der Waals surface area (Å²) in [7, 11) is -3.65. The third-order valence-corrected chi connectivity index (χ3v) is 5.05. The molecular formula is C14H18ClF3N2O3S. The van der Waals surface area contributed by atoms with Gasteiger partial charge in [0.25, 0.3) is 0 Å². The normalized spacial score (nSPS) is 13.8. The SMILES string of the molecule is CCC(C)N(CC(=O)Nc1cc(C(F)(F)F)ccc1Cl)S(C)(=O)=O. The van der Waals surface area contributed by atoms with Gasteiger partial charge >= 0.3 is 6.18 Å². The van der Waals surface area contributed by atoms with Gasteiger partial charge in [-0.25, -0.2) is 8.42 Å². The molecule has 24 heavy (non-hydrogen) atoms. The van der Waals surface area contributed by atoms with Crippen LogP contribution in [-0.2, 0) is 21.0 Å². The number of halogens is 4. The van der Waals surface area contributed by atoms with Crippen molar-refractivity contribution in [1.29, 1.82) is 0 Å². The van der Waals surface area contributed by atoms with Gasteiger partial charge in [0.2, 0.25) is 15.9 Å². The van der Waals surface area contributed by atoms with E-state index in [1.807, 2.05) is 0 Å². The van der Waals surface area contributed by atoms with Crippen molar-refractivity contribution in [1.82, 2.24) is 4.31 Å². The minimum absolute atomic E-state index is 0.0780. The zero-order valence-corrected chi connectivity index (χ0v) is 14.9. The van der Waals surface area contributed by atoms with Gasteiger partial charge in [0.05, 0.1) is 29.1 Å². The molecule has 1 atom stereocenters. The van der Waals surface area contributed by atoms with Crippen molar-refractivity contribution in [2.75, 3.05) is 18.1 Å². The number of anilines is 1. The Morgan fingerprint density at radius 2 is 1.96 bits per heavy atom. The number of carbonyl (C=O) groups excluding carboxylic acids is 1. The third-order valence-electron chi connectivity index (χ3n) is 3.38. The van der Waals surface area contributed by atoms with Gasteiger partial charge in [-0.05, 0) is 31.5 Å². The van der Waals surface area contributed by atoms with E-state index < -0.39 is 40.3 Å². The molecule has 0 aliphatic carbocycles. The van der Waals surface area contributed by atoms with E-state index in [1.165, 1.54) is 0 Å². The quantitative estimate of drug-likeness (QED) is 0.815. The average molecular weight is 387 g/mol. The van der Waals surface area contributed by atoms with Crippen LogP contribution in [0.2, 0.25) is 5.02 Å². The molecule has 0 bridgehead atoms. The second-order valence-electron chi connectivity index (χ2n) is 5.31. The van der Waals surface area contributed by atoms with Gasteiger partial charge < -0.3 is 5.32 Å². The predicted octanol–water partition coefficient (Wildman–Crippen LogP) is 3.36. The second kappa shape index (κ2) is 7.71. The molecule has 0 radical (unpaired) electrons. The minimum Gasteiger partial charge on any atom is -0.324 e. The third kappa shape index (κ3) is 5.64. The van der Waals surface area contributed by atoms with E-state index in [-0.39, 0.29) is 10.7 Å². The number of rotatable bonds is 6. The molecule has 0 saturated heterocycles. The topological polar surface area (TPSA) is 66.5 Å². The molecule has 10 heteroatoms. The first kappa shape index (κ1) is 20.7. The molecular weight excluding hydrogens is 369 g/mol. The lowest BCUT2D eigenvalue weighted by Gasteiger charge is -2.25. The van der Waals surface area contributed by atoms with Crippen LogP contribution in [0.3, 0.4) is 0 Å². The van der Waals surface area contributed by atoms with Crippen molar-refractivity contribution in [2.45, 2.75) is 32.5 Å². The molecule has 0 saturated carbocycles. The van der Waals surface area contributed by atoms with Crippen molar-refractivity contribution in [3.63, 3.8) is 0 Å². The van der Waals surface area contributed by atoms with E-state index in [4.69, 9.17) is 11.6 Å². The van der Waals surface area contributed by atoms with Crippen LogP contribution in [0.1, 0.15) is 25.8 Å². The molecule has 1 amide bonds. The van der Waals surface area contributed by atoms with Crippen molar-refractivity contribution in [3.05, 3.63) is 28.8 Å². The smallest absolute Gasteiger partial charge is 0.324 e. The number of sulfonamides is 1. The average Bonchev–Trinajstić information content (AvgIpc) is 2.44. The maximum atomic E-state index is 12.7. The molecule has 1 unspecified atom stereocenters. The second-order valence-corrected chi connectivity index (χ2v) is 7.65. The molecule has 5 nitrogen and oxygen atoms in total. The molecule has 1 aromatic carbocycles. The summed E-state index contributed by atoms with van der Waals surface area (Å²) in [6.07, 6.45) is -3.14. The van der Waals surface area contributed by atoms with Crippen LogP contribution in [0.5, 0.6) is 0 Å². The number of hydrogen-bond acceptors (Lipinski definition) is 3. The van der Waals surface area contributed by atoms with Crippen molar-refractivity contribution >= 4 is 33.2 Å². The molecule has 1 rings (SSSR count). The van der Waals surface area contributed by atoms with Gasteiger partial charge in [0.1, 0.15) is 0 Å². The number of alkyl halides is 3. The Morgan fingerprint density at radius 3 is 2.42 bits per heavy atom.